The fourth-order valence-corrected chi connectivity index (χ4v) is 1.07. The lowest BCUT2D eigenvalue weighted by atomic mass is 9.95. The maximum absolute atomic E-state index is 12.8. The Bertz CT molecular complexity index is 385. The monoisotopic (exact) mass is 229 g/mol. The molecule has 0 aliphatic heterocycles. The summed E-state index contributed by atoms with van der Waals surface area (Å²) in [5, 5.41) is 2.66. The lowest BCUT2D eigenvalue weighted by Gasteiger charge is -2.17. The van der Waals surface area contributed by atoms with Crippen LogP contribution in [0.5, 0.6) is 0 Å². The van der Waals surface area contributed by atoms with Crippen LogP contribution in [-0.2, 0) is 4.79 Å². The zero-order valence-corrected chi connectivity index (χ0v) is 9.65. The van der Waals surface area contributed by atoms with Crippen molar-refractivity contribution in [1.29, 1.82) is 0 Å². The third-order valence-corrected chi connectivity index (χ3v) is 2.15. The van der Waals surface area contributed by atoms with Gasteiger partial charge in [0.2, 0.25) is 5.91 Å². The Morgan fingerprint density at radius 2 is 2.00 bits per heavy atom. The minimum atomic E-state index is -0.495. The molecule has 0 spiro atoms. The molecule has 0 aliphatic rings. The topological polar surface area (TPSA) is 29.1 Å². The Labute approximate surface area is 93.4 Å². The fourth-order valence-electron chi connectivity index (χ4n) is 0.892. The zero-order chi connectivity index (χ0) is 11.6. The number of anilines is 1. The summed E-state index contributed by atoms with van der Waals surface area (Å²) in [6.07, 6.45) is 0. The molecule has 0 fully saturated rings. The molecular weight excluding hydrogens is 217 g/mol. The van der Waals surface area contributed by atoms with Gasteiger partial charge in [0, 0.05) is 11.1 Å². The van der Waals surface area contributed by atoms with Gasteiger partial charge in [0.15, 0.2) is 0 Å². The van der Waals surface area contributed by atoms with Gasteiger partial charge in [0.05, 0.1) is 5.02 Å². The molecule has 0 aliphatic carbocycles. The number of halogens is 2. The molecule has 1 N–H and O–H groups in total. The van der Waals surface area contributed by atoms with Crippen LogP contribution in [0.25, 0.3) is 0 Å². The van der Waals surface area contributed by atoms with Crippen molar-refractivity contribution in [2.45, 2.75) is 20.8 Å². The number of benzene rings is 1. The molecule has 15 heavy (non-hydrogen) atoms. The second-order valence-electron chi connectivity index (χ2n) is 4.33. The third-order valence-electron chi connectivity index (χ3n) is 1.86. The van der Waals surface area contributed by atoms with Gasteiger partial charge in [-0.1, -0.05) is 32.4 Å². The molecule has 0 saturated heterocycles. The Balaban J connectivity index is 2.83. The van der Waals surface area contributed by atoms with E-state index in [0.717, 1.165) is 0 Å². The highest BCUT2D eigenvalue weighted by atomic mass is 35.5. The van der Waals surface area contributed by atoms with Crippen molar-refractivity contribution in [1.82, 2.24) is 0 Å². The average Bonchev–Trinajstić information content (AvgIpc) is 2.10. The van der Waals surface area contributed by atoms with Crippen LogP contribution in [-0.4, -0.2) is 5.91 Å². The smallest absolute Gasteiger partial charge is 0.229 e. The van der Waals surface area contributed by atoms with Gasteiger partial charge in [0.25, 0.3) is 0 Å². The molecular formula is C11H13ClFNO. The van der Waals surface area contributed by atoms with Gasteiger partial charge in [-0.15, -0.1) is 0 Å². The van der Waals surface area contributed by atoms with Crippen LogP contribution in [0, 0.1) is 11.2 Å². The number of nitrogens with one attached hydrogen (secondary N) is 1. The molecule has 0 heterocycles. The molecule has 1 aromatic rings. The van der Waals surface area contributed by atoms with E-state index in [2.05, 4.69) is 5.32 Å². The number of hydrogen-bond acceptors (Lipinski definition) is 1. The van der Waals surface area contributed by atoms with E-state index in [-0.39, 0.29) is 10.9 Å². The number of amides is 1. The quantitative estimate of drug-likeness (QED) is 0.785. The summed E-state index contributed by atoms with van der Waals surface area (Å²) in [6, 6.07) is 4.09. The molecule has 0 atom stereocenters. The largest absolute Gasteiger partial charge is 0.326 e. The van der Waals surface area contributed by atoms with Crippen molar-refractivity contribution in [2.24, 2.45) is 5.41 Å². The average molecular weight is 230 g/mol. The first-order valence-electron chi connectivity index (χ1n) is 4.57. The first-order chi connectivity index (χ1) is 6.80. The maximum atomic E-state index is 12.8. The van der Waals surface area contributed by atoms with E-state index in [1.54, 1.807) is 20.8 Å². The Kier molecular flexibility index (Phi) is 3.35. The molecule has 0 bridgehead atoms. The summed E-state index contributed by atoms with van der Waals surface area (Å²) < 4.78 is 12.8. The Morgan fingerprint density at radius 1 is 1.40 bits per heavy atom. The van der Waals surface area contributed by atoms with E-state index in [1.165, 1.54) is 18.2 Å². The third kappa shape index (κ3) is 3.20. The summed E-state index contributed by atoms with van der Waals surface area (Å²) in [7, 11) is 0. The van der Waals surface area contributed by atoms with E-state index in [9.17, 15) is 9.18 Å². The van der Waals surface area contributed by atoms with Gasteiger partial charge in [-0.2, -0.15) is 0 Å². The highest BCUT2D eigenvalue weighted by Gasteiger charge is 2.21. The van der Waals surface area contributed by atoms with Crippen molar-refractivity contribution < 1.29 is 9.18 Å². The van der Waals surface area contributed by atoms with Crippen LogP contribution in [0.2, 0.25) is 5.02 Å². The molecule has 1 rings (SSSR count). The van der Waals surface area contributed by atoms with E-state index in [4.69, 9.17) is 11.6 Å². The van der Waals surface area contributed by atoms with Crippen molar-refractivity contribution >= 4 is 23.2 Å². The summed E-state index contributed by atoms with van der Waals surface area (Å²) in [4.78, 5) is 11.6. The van der Waals surface area contributed by atoms with E-state index >= 15 is 0 Å². The second-order valence-corrected chi connectivity index (χ2v) is 4.74. The molecule has 82 valence electrons. The van der Waals surface area contributed by atoms with Crippen molar-refractivity contribution in [3.63, 3.8) is 0 Å². The molecule has 0 aromatic heterocycles. The minimum Gasteiger partial charge on any atom is -0.326 e. The number of hydrogen-bond donors (Lipinski definition) is 1. The highest BCUT2D eigenvalue weighted by molar-refractivity contribution is 6.31. The lowest BCUT2D eigenvalue weighted by Crippen LogP contribution is -2.27. The van der Waals surface area contributed by atoms with Gasteiger partial charge in [-0.05, 0) is 18.2 Å². The standard InChI is InChI=1S/C11H13ClFNO/c1-11(2,3)10(15)14-7-4-5-9(13)8(12)6-7/h4-6H,1-3H3,(H,14,15). The van der Waals surface area contributed by atoms with E-state index in [0.29, 0.717) is 5.69 Å². The van der Waals surface area contributed by atoms with Crippen molar-refractivity contribution in [3.05, 3.63) is 29.0 Å². The summed E-state index contributed by atoms with van der Waals surface area (Å²) in [5.41, 5.74) is 0.0160. The predicted molar refractivity (Wildman–Crippen MR) is 59.5 cm³/mol. The second kappa shape index (κ2) is 4.19. The molecule has 0 saturated carbocycles. The van der Waals surface area contributed by atoms with Gasteiger partial charge in [-0.3, -0.25) is 4.79 Å². The SMILES string of the molecule is CC(C)(C)C(=O)Nc1ccc(F)c(Cl)c1. The molecule has 1 aromatic carbocycles. The van der Waals surface area contributed by atoms with Crippen molar-refractivity contribution in [2.75, 3.05) is 5.32 Å². The molecule has 4 heteroatoms. The van der Waals surface area contributed by atoms with Crippen LogP contribution >= 0.6 is 11.6 Å². The number of rotatable bonds is 1. The van der Waals surface area contributed by atoms with Gasteiger partial charge < -0.3 is 5.32 Å². The molecule has 0 unspecified atom stereocenters. The normalized spacial score (nSPS) is 11.3. The lowest BCUT2D eigenvalue weighted by molar-refractivity contribution is -0.123. The summed E-state index contributed by atoms with van der Waals surface area (Å²) in [6.45, 7) is 5.40. The number of carbonyl (C=O) groups excluding carboxylic acids is 1. The highest BCUT2D eigenvalue weighted by Crippen LogP contribution is 2.22. The molecule has 1 amide bonds. The number of carbonyl (C=O) groups is 1. The summed E-state index contributed by atoms with van der Waals surface area (Å²) in [5.74, 6) is -0.629. The predicted octanol–water partition coefficient (Wildman–Crippen LogP) is 3.46. The van der Waals surface area contributed by atoms with E-state index in [1.807, 2.05) is 0 Å². The summed E-state index contributed by atoms with van der Waals surface area (Å²) >= 11 is 5.59. The first-order valence-corrected chi connectivity index (χ1v) is 4.95. The van der Waals surface area contributed by atoms with Crippen molar-refractivity contribution in [3.8, 4) is 0 Å². The van der Waals surface area contributed by atoms with Crippen LogP contribution in [0.1, 0.15) is 20.8 Å². The minimum absolute atomic E-state index is 0.00158. The Morgan fingerprint density at radius 3 is 2.47 bits per heavy atom. The maximum Gasteiger partial charge on any atom is 0.229 e. The van der Waals surface area contributed by atoms with Crippen LogP contribution in [0.4, 0.5) is 10.1 Å². The first kappa shape index (κ1) is 12.0. The zero-order valence-electron chi connectivity index (χ0n) is 8.90. The fraction of sp³-hybridized carbons (Fsp3) is 0.364. The van der Waals surface area contributed by atoms with Crippen LogP contribution in [0.15, 0.2) is 18.2 Å². The van der Waals surface area contributed by atoms with E-state index < -0.39 is 11.2 Å². The van der Waals surface area contributed by atoms with Gasteiger partial charge in [-0.25, -0.2) is 4.39 Å². The molecule has 2 nitrogen and oxygen atoms in total. The van der Waals surface area contributed by atoms with Gasteiger partial charge >= 0.3 is 0 Å². The van der Waals surface area contributed by atoms with Gasteiger partial charge in [0.1, 0.15) is 5.82 Å². The van der Waals surface area contributed by atoms with Crippen LogP contribution in [0.3, 0.4) is 0 Å². The molecule has 0 radical (unpaired) electrons. The van der Waals surface area contributed by atoms with Crippen LogP contribution < -0.4 is 5.32 Å². The Hall–Kier alpha value is -1.09.